The second-order valence-corrected chi connectivity index (χ2v) is 4.05. The maximum atomic E-state index is 11.2. The number of rotatable bonds is 4. The van der Waals surface area contributed by atoms with Crippen molar-refractivity contribution in [3.63, 3.8) is 0 Å². The summed E-state index contributed by atoms with van der Waals surface area (Å²) >= 11 is 0. The number of allylic oxidation sites excluding steroid dienone is 2. The first-order valence-electron chi connectivity index (χ1n) is 5.59. The van der Waals surface area contributed by atoms with Gasteiger partial charge < -0.3 is 10.5 Å². The van der Waals surface area contributed by atoms with Crippen LogP contribution in [-0.4, -0.2) is 16.7 Å². The maximum absolute atomic E-state index is 11.2. The third-order valence-electron chi connectivity index (χ3n) is 2.84. The highest BCUT2D eigenvalue weighted by atomic mass is 16.7. The lowest BCUT2D eigenvalue weighted by Crippen LogP contribution is -2.54. The second kappa shape index (κ2) is 5.12. The van der Waals surface area contributed by atoms with Gasteiger partial charge in [-0.2, -0.15) is 0 Å². The summed E-state index contributed by atoms with van der Waals surface area (Å²) in [6, 6.07) is 8.49. The zero-order chi connectivity index (χ0) is 13.0. The van der Waals surface area contributed by atoms with Crippen molar-refractivity contribution >= 4 is 0 Å². The largest absolute Gasteiger partial charge is 0.363 e. The summed E-state index contributed by atoms with van der Waals surface area (Å²) in [6.07, 6.45) is 6.21. The van der Waals surface area contributed by atoms with Crippen molar-refractivity contribution in [1.29, 1.82) is 0 Å². The molecule has 94 valence electrons. The van der Waals surface area contributed by atoms with Crippen LogP contribution in [0.2, 0.25) is 0 Å². The molecule has 0 fully saturated rings. The van der Waals surface area contributed by atoms with Crippen LogP contribution in [0.3, 0.4) is 0 Å². The fourth-order valence-corrected chi connectivity index (χ4v) is 1.78. The summed E-state index contributed by atoms with van der Waals surface area (Å²) in [5.41, 5.74) is 4.97. The molecule has 0 saturated heterocycles. The van der Waals surface area contributed by atoms with Crippen LogP contribution in [0.15, 0.2) is 54.6 Å². The van der Waals surface area contributed by atoms with Crippen molar-refractivity contribution < 1.29 is 9.66 Å². The molecule has 0 spiro atoms. The number of hydrogen-bond acceptors (Lipinski definition) is 4. The van der Waals surface area contributed by atoms with Crippen LogP contribution in [0.5, 0.6) is 0 Å². The van der Waals surface area contributed by atoms with Gasteiger partial charge in [0.05, 0.1) is 11.5 Å². The van der Waals surface area contributed by atoms with Gasteiger partial charge in [-0.15, -0.1) is 0 Å². The predicted molar refractivity (Wildman–Crippen MR) is 67.2 cm³/mol. The van der Waals surface area contributed by atoms with Gasteiger partial charge in [0.1, 0.15) is 6.04 Å². The molecule has 5 nitrogen and oxygen atoms in total. The normalized spacial score (nSPS) is 26.2. The van der Waals surface area contributed by atoms with Gasteiger partial charge in [0, 0.05) is 6.08 Å². The van der Waals surface area contributed by atoms with E-state index < -0.39 is 16.7 Å². The molecule has 1 aromatic rings. The second-order valence-electron chi connectivity index (χ2n) is 4.05. The summed E-state index contributed by atoms with van der Waals surface area (Å²) in [5, 5.41) is 11.2. The fraction of sp³-hybridized carbons (Fsp3) is 0.231. The number of nitrogens with zero attached hydrogens (tertiary/aromatic N) is 1. The third-order valence-corrected chi connectivity index (χ3v) is 2.84. The maximum Gasteiger partial charge on any atom is 0.363 e. The third kappa shape index (κ3) is 2.32. The molecule has 0 saturated carbocycles. The Kier molecular flexibility index (Phi) is 3.55. The minimum Gasteiger partial charge on any atom is -0.316 e. The van der Waals surface area contributed by atoms with E-state index in [-0.39, 0.29) is 6.61 Å². The van der Waals surface area contributed by atoms with Gasteiger partial charge in [-0.3, -0.25) is 10.1 Å². The van der Waals surface area contributed by atoms with Gasteiger partial charge >= 0.3 is 5.72 Å². The lowest BCUT2D eigenvalue weighted by molar-refractivity contribution is -0.617. The van der Waals surface area contributed by atoms with Gasteiger partial charge in [-0.25, -0.2) is 0 Å². The summed E-state index contributed by atoms with van der Waals surface area (Å²) in [6.45, 7) is 0.147. The lowest BCUT2D eigenvalue weighted by Gasteiger charge is -2.27. The molecule has 2 atom stereocenters. The summed E-state index contributed by atoms with van der Waals surface area (Å²) in [4.78, 5) is 10.7. The Balaban J connectivity index is 2.15. The summed E-state index contributed by atoms with van der Waals surface area (Å²) in [5.74, 6) is 0. The smallest absolute Gasteiger partial charge is 0.316 e. The van der Waals surface area contributed by atoms with E-state index in [9.17, 15) is 10.1 Å². The van der Waals surface area contributed by atoms with Gasteiger partial charge in [0.2, 0.25) is 0 Å². The molecule has 2 rings (SSSR count). The molecule has 0 aliphatic heterocycles. The monoisotopic (exact) mass is 246 g/mol. The molecule has 0 aromatic heterocycles. The molecular weight excluding hydrogens is 232 g/mol. The molecule has 18 heavy (non-hydrogen) atoms. The molecule has 0 heterocycles. The van der Waals surface area contributed by atoms with Crippen molar-refractivity contribution in [3.05, 3.63) is 70.3 Å². The van der Waals surface area contributed by atoms with Gasteiger partial charge in [-0.1, -0.05) is 48.6 Å². The van der Waals surface area contributed by atoms with Crippen LogP contribution in [0, 0.1) is 10.1 Å². The van der Waals surface area contributed by atoms with Crippen molar-refractivity contribution in [3.8, 4) is 0 Å². The van der Waals surface area contributed by atoms with E-state index in [0.29, 0.717) is 0 Å². The highest BCUT2D eigenvalue weighted by molar-refractivity contribution is 5.22. The highest BCUT2D eigenvalue weighted by Crippen LogP contribution is 2.24. The Bertz CT molecular complexity index is 484. The van der Waals surface area contributed by atoms with Gasteiger partial charge in [-0.05, 0) is 5.56 Å². The molecule has 5 heteroatoms. The molecule has 2 N–H and O–H groups in total. The predicted octanol–water partition coefficient (Wildman–Crippen LogP) is 1.63. The quantitative estimate of drug-likeness (QED) is 0.497. The number of nitro groups is 1. The standard InChI is InChI=1S/C13H14N2O3/c14-12-8-4-5-9-13(12,15(16)17)18-10-11-6-2-1-3-7-11/h1-9,12H,10,14H2. The Morgan fingerprint density at radius 1 is 1.33 bits per heavy atom. The lowest BCUT2D eigenvalue weighted by atomic mass is 10.00. The van der Waals surface area contributed by atoms with E-state index in [1.165, 1.54) is 6.08 Å². The van der Waals surface area contributed by atoms with E-state index in [2.05, 4.69) is 0 Å². The van der Waals surface area contributed by atoms with Crippen LogP contribution in [-0.2, 0) is 11.3 Å². The molecule has 2 unspecified atom stereocenters. The molecule has 1 aliphatic carbocycles. The molecular formula is C13H14N2O3. The number of benzene rings is 1. The summed E-state index contributed by atoms with van der Waals surface area (Å²) in [7, 11) is 0. The fourth-order valence-electron chi connectivity index (χ4n) is 1.78. The average Bonchev–Trinajstić information content (AvgIpc) is 2.39. The first-order chi connectivity index (χ1) is 8.65. The molecule has 0 radical (unpaired) electrons. The van der Waals surface area contributed by atoms with E-state index in [1.54, 1.807) is 18.2 Å². The van der Waals surface area contributed by atoms with Crippen molar-refractivity contribution in [2.45, 2.75) is 18.4 Å². The zero-order valence-electron chi connectivity index (χ0n) is 9.73. The van der Waals surface area contributed by atoms with Gasteiger partial charge in [0.15, 0.2) is 0 Å². The Morgan fingerprint density at radius 3 is 2.67 bits per heavy atom. The van der Waals surface area contributed by atoms with Crippen molar-refractivity contribution in [2.75, 3.05) is 0 Å². The van der Waals surface area contributed by atoms with Crippen molar-refractivity contribution in [2.24, 2.45) is 5.73 Å². The minimum absolute atomic E-state index is 0.147. The first kappa shape index (κ1) is 12.5. The van der Waals surface area contributed by atoms with Crippen LogP contribution >= 0.6 is 0 Å². The van der Waals surface area contributed by atoms with Crippen LogP contribution in [0.4, 0.5) is 0 Å². The van der Waals surface area contributed by atoms with E-state index in [1.807, 2.05) is 30.3 Å². The highest BCUT2D eigenvalue weighted by Gasteiger charge is 2.48. The number of ether oxygens (including phenoxy) is 1. The van der Waals surface area contributed by atoms with Crippen LogP contribution in [0.25, 0.3) is 0 Å². The number of hydrogen-bond donors (Lipinski definition) is 1. The Morgan fingerprint density at radius 2 is 2.06 bits per heavy atom. The minimum atomic E-state index is -1.68. The zero-order valence-corrected chi connectivity index (χ0v) is 9.73. The van der Waals surface area contributed by atoms with Crippen LogP contribution < -0.4 is 5.73 Å². The Hall–Kier alpha value is -1.98. The van der Waals surface area contributed by atoms with E-state index in [4.69, 9.17) is 10.5 Å². The van der Waals surface area contributed by atoms with Gasteiger partial charge in [0.25, 0.3) is 0 Å². The topological polar surface area (TPSA) is 78.4 Å². The molecule has 0 amide bonds. The van der Waals surface area contributed by atoms with Crippen molar-refractivity contribution in [1.82, 2.24) is 0 Å². The number of nitrogens with two attached hydrogens (primary N) is 1. The van der Waals surface area contributed by atoms with Crippen LogP contribution in [0.1, 0.15) is 5.56 Å². The molecule has 1 aliphatic rings. The molecule has 1 aromatic carbocycles. The molecule has 0 bridgehead atoms. The first-order valence-corrected chi connectivity index (χ1v) is 5.59. The van der Waals surface area contributed by atoms with E-state index in [0.717, 1.165) is 5.56 Å². The average molecular weight is 246 g/mol. The van der Waals surface area contributed by atoms with E-state index >= 15 is 0 Å². The SMILES string of the molecule is NC1C=CC=CC1(OCc1ccccc1)[N+](=O)[O-]. The Labute approximate surface area is 105 Å². The summed E-state index contributed by atoms with van der Waals surface area (Å²) < 4.78 is 5.47.